The molecule has 0 saturated carbocycles. The van der Waals surface area contributed by atoms with E-state index < -0.39 is 44.8 Å². The maximum atomic E-state index is 13.7. The van der Waals surface area contributed by atoms with Crippen LogP contribution in [0, 0.1) is 0 Å². The van der Waals surface area contributed by atoms with Gasteiger partial charge in [-0.2, -0.15) is 5.48 Å². The van der Waals surface area contributed by atoms with Crippen LogP contribution in [0.15, 0.2) is 84.9 Å². The first-order valence-corrected chi connectivity index (χ1v) is 16.6. The number of hydroxylamine groups is 1. The Morgan fingerprint density at radius 2 is 1.60 bits per heavy atom. The minimum absolute atomic E-state index is 0.109. The van der Waals surface area contributed by atoms with Crippen molar-refractivity contribution in [2.75, 3.05) is 13.2 Å². The third-order valence-corrected chi connectivity index (χ3v) is 10.4. The molecular formula is C33H42N2O9S. The van der Waals surface area contributed by atoms with Crippen LogP contribution in [0.1, 0.15) is 43.4 Å². The van der Waals surface area contributed by atoms with Crippen LogP contribution in [0.2, 0.25) is 0 Å². The Hall–Kier alpha value is -3.52. The molecule has 4 N–H and O–H groups in total. The Labute approximate surface area is 264 Å². The molecule has 0 bridgehead atoms. The van der Waals surface area contributed by atoms with E-state index in [0.29, 0.717) is 18.8 Å². The molecular weight excluding hydrogens is 600 g/mol. The lowest BCUT2D eigenvalue weighted by molar-refractivity contribution is -0.0867. The molecule has 1 saturated heterocycles. The second-order valence-electron chi connectivity index (χ2n) is 10.8. The van der Waals surface area contributed by atoms with E-state index in [1.165, 1.54) is 0 Å². The van der Waals surface area contributed by atoms with Gasteiger partial charge in [-0.25, -0.2) is 13.2 Å². The number of hydrogen-bond donors (Lipinski definition) is 3. The van der Waals surface area contributed by atoms with Gasteiger partial charge in [0.2, 0.25) is 9.84 Å². The maximum absolute atomic E-state index is 13.7. The zero-order chi connectivity index (χ0) is 32.3. The fraction of sp³-hybridized carbons (Fsp3) is 0.424. The highest BCUT2D eigenvalue weighted by atomic mass is 32.2. The molecule has 3 aromatic rings. The van der Waals surface area contributed by atoms with Gasteiger partial charge in [-0.1, -0.05) is 86.6 Å². The number of nitrogens with one attached hydrogen (secondary N) is 1. The normalized spacial score (nSPS) is 18.3. The van der Waals surface area contributed by atoms with Crippen molar-refractivity contribution in [1.29, 1.82) is 0 Å². The van der Waals surface area contributed by atoms with Crippen LogP contribution in [0.25, 0.3) is 0 Å². The Kier molecular flexibility index (Phi) is 12.3. The van der Waals surface area contributed by atoms with Crippen LogP contribution in [0.5, 0.6) is 5.75 Å². The smallest absolute Gasteiger partial charge is 0.404 e. The summed E-state index contributed by atoms with van der Waals surface area (Å²) in [6.45, 7) is 3.44. The largest absolute Gasteiger partial charge is 0.489 e. The first kappa shape index (κ1) is 34.4. The van der Waals surface area contributed by atoms with Crippen molar-refractivity contribution in [3.63, 3.8) is 0 Å². The summed E-state index contributed by atoms with van der Waals surface area (Å²) in [4.78, 5) is 15.8. The Morgan fingerprint density at radius 3 is 2.20 bits per heavy atom. The molecule has 4 unspecified atom stereocenters. The molecule has 45 heavy (non-hydrogen) atoms. The number of aliphatic hydroxyl groups excluding tert-OH is 1. The lowest BCUT2D eigenvalue weighted by atomic mass is 10.0. The highest BCUT2D eigenvalue weighted by Crippen LogP contribution is 2.34. The van der Waals surface area contributed by atoms with E-state index in [4.69, 9.17) is 29.5 Å². The third-order valence-electron chi connectivity index (χ3n) is 7.76. The third kappa shape index (κ3) is 9.25. The quantitative estimate of drug-likeness (QED) is 0.184. The number of primary amides is 1. The Bertz CT molecular complexity index is 1440. The number of benzene rings is 3. The van der Waals surface area contributed by atoms with Crippen LogP contribution >= 0.6 is 0 Å². The van der Waals surface area contributed by atoms with Crippen molar-refractivity contribution in [1.82, 2.24) is 5.48 Å². The van der Waals surface area contributed by atoms with Gasteiger partial charge in [0.25, 0.3) is 0 Å². The summed E-state index contributed by atoms with van der Waals surface area (Å²) >= 11 is 0. The van der Waals surface area contributed by atoms with Crippen molar-refractivity contribution in [2.24, 2.45) is 5.73 Å². The number of nitrogens with two attached hydrogens (primary N) is 1. The van der Waals surface area contributed by atoms with Gasteiger partial charge in [0, 0.05) is 12.8 Å². The molecule has 0 spiro atoms. The van der Waals surface area contributed by atoms with Crippen LogP contribution in [0.3, 0.4) is 0 Å². The van der Waals surface area contributed by atoms with E-state index >= 15 is 0 Å². The molecule has 1 aliphatic rings. The summed E-state index contributed by atoms with van der Waals surface area (Å²) in [5.41, 5.74) is 9.43. The summed E-state index contributed by atoms with van der Waals surface area (Å²) in [5.74, 6) is 0.658. The van der Waals surface area contributed by atoms with E-state index in [1.807, 2.05) is 60.7 Å². The van der Waals surface area contributed by atoms with Gasteiger partial charge < -0.3 is 29.8 Å². The second-order valence-corrected chi connectivity index (χ2v) is 13.2. The molecule has 0 aliphatic carbocycles. The second kappa shape index (κ2) is 16.2. The number of hydrogen-bond acceptors (Lipinski definition) is 10. The van der Waals surface area contributed by atoms with Crippen LogP contribution in [0.4, 0.5) is 4.79 Å². The highest BCUT2D eigenvalue weighted by molar-refractivity contribution is 7.93. The first-order chi connectivity index (χ1) is 21.7. The Balaban J connectivity index is 1.33. The minimum Gasteiger partial charge on any atom is -0.489 e. The molecule has 4 atom stereocenters. The van der Waals surface area contributed by atoms with Crippen molar-refractivity contribution < 1.29 is 42.1 Å². The average molecular weight is 643 g/mol. The van der Waals surface area contributed by atoms with E-state index in [-0.39, 0.29) is 32.4 Å². The van der Waals surface area contributed by atoms with Crippen LogP contribution in [-0.2, 0) is 48.3 Å². The van der Waals surface area contributed by atoms with Crippen molar-refractivity contribution in [2.45, 2.75) is 75.0 Å². The SMILES string of the molecule is CCC(CC)(ONCC(O)C(Cc1ccc(OCc2ccccc2)cc1)OC(N)=O)S(=O)(=O)C1COC(Cc2ccccc2)O1. The molecule has 3 aromatic carbocycles. The van der Waals surface area contributed by atoms with Gasteiger partial charge in [0.15, 0.2) is 16.7 Å². The lowest BCUT2D eigenvalue weighted by Gasteiger charge is -2.33. The van der Waals surface area contributed by atoms with Crippen LogP contribution < -0.4 is 16.0 Å². The number of sulfone groups is 1. The fourth-order valence-electron chi connectivity index (χ4n) is 5.09. The fourth-order valence-corrected chi connectivity index (χ4v) is 7.08. The predicted molar refractivity (Wildman–Crippen MR) is 167 cm³/mol. The van der Waals surface area contributed by atoms with Crippen LogP contribution in [-0.4, -0.2) is 61.6 Å². The number of rotatable bonds is 17. The zero-order valence-corrected chi connectivity index (χ0v) is 26.4. The van der Waals surface area contributed by atoms with Gasteiger partial charge in [-0.3, -0.25) is 4.84 Å². The zero-order valence-electron chi connectivity index (χ0n) is 25.5. The molecule has 0 radical (unpaired) electrons. The number of amides is 1. The standard InChI is InChI=1S/C33H42N2O9S/c1-3-33(4-2,45(38,39)31-23-41-30(43-31)20-24-11-7-5-8-12-24)44-35-21-28(36)29(42-32(34)37)19-25-15-17-27(18-16-25)40-22-26-13-9-6-10-14-26/h5-18,28-31,35-36H,3-4,19-23H2,1-2H3,(H2,34,37). The average Bonchev–Trinajstić information content (AvgIpc) is 3.52. The molecule has 1 amide bonds. The van der Waals surface area contributed by atoms with E-state index in [2.05, 4.69) is 5.48 Å². The summed E-state index contributed by atoms with van der Waals surface area (Å²) < 4.78 is 50.0. The maximum Gasteiger partial charge on any atom is 0.404 e. The molecule has 1 aliphatic heterocycles. The summed E-state index contributed by atoms with van der Waals surface area (Å²) in [6.07, 6.45) is -3.29. The molecule has 11 nitrogen and oxygen atoms in total. The monoisotopic (exact) mass is 642 g/mol. The van der Waals surface area contributed by atoms with Crippen molar-refractivity contribution in [3.05, 3.63) is 102 Å². The molecule has 1 heterocycles. The lowest BCUT2D eigenvalue weighted by Crippen LogP contribution is -2.51. The molecule has 1 fully saturated rings. The van der Waals surface area contributed by atoms with Gasteiger partial charge >= 0.3 is 6.09 Å². The molecule has 0 aromatic heterocycles. The molecule has 12 heteroatoms. The molecule has 4 rings (SSSR count). The minimum atomic E-state index is -4.03. The highest BCUT2D eigenvalue weighted by Gasteiger charge is 2.51. The number of aliphatic hydroxyl groups is 1. The van der Waals surface area contributed by atoms with E-state index in [9.17, 15) is 18.3 Å². The number of carbonyl (C=O) groups excluding carboxylic acids is 1. The van der Waals surface area contributed by atoms with E-state index in [0.717, 1.165) is 16.7 Å². The summed E-state index contributed by atoms with van der Waals surface area (Å²) in [7, 11) is -4.03. The summed E-state index contributed by atoms with van der Waals surface area (Å²) in [6, 6.07) is 26.5. The van der Waals surface area contributed by atoms with Gasteiger partial charge in [0.05, 0.1) is 13.2 Å². The van der Waals surface area contributed by atoms with E-state index in [1.54, 1.807) is 38.1 Å². The first-order valence-electron chi connectivity index (χ1n) is 15.0. The van der Waals surface area contributed by atoms with Gasteiger partial charge in [-0.15, -0.1) is 0 Å². The number of ether oxygens (including phenoxy) is 4. The topological polar surface area (TPSA) is 156 Å². The predicted octanol–water partition coefficient (Wildman–Crippen LogP) is 4.03. The van der Waals surface area contributed by atoms with Gasteiger partial charge in [-0.05, 0) is 41.7 Å². The van der Waals surface area contributed by atoms with Gasteiger partial charge in [0.1, 0.15) is 24.6 Å². The van der Waals surface area contributed by atoms with Crippen molar-refractivity contribution in [3.8, 4) is 5.75 Å². The van der Waals surface area contributed by atoms with Crippen molar-refractivity contribution >= 4 is 15.9 Å². The molecule has 244 valence electrons. The number of carbonyl (C=O) groups is 1. The summed E-state index contributed by atoms with van der Waals surface area (Å²) in [5, 5.41) is 10.9. The Morgan fingerprint density at radius 1 is 0.978 bits per heavy atom.